The molecule has 1 unspecified atom stereocenters. The molecule has 3 nitrogen and oxygen atoms in total. The van der Waals surface area contributed by atoms with Crippen molar-refractivity contribution in [2.24, 2.45) is 0 Å². The minimum Gasteiger partial charge on any atom is -0.394 e. The van der Waals surface area contributed by atoms with E-state index < -0.39 is 0 Å². The minimum absolute atomic E-state index is 0.138. The van der Waals surface area contributed by atoms with Gasteiger partial charge in [0.05, 0.1) is 25.5 Å². The Morgan fingerprint density at radius 1 is 1.06 bits per heavy atom. The van der Waals surface area contributed by atoms with Gasteiger partial charge >= 0.3 is 0 Å². The number of hydrogen-bond acceptors (Lipinski definition) is 3. The molecule has 0 aromatic rings. The van der Waals surface area contributed by atoms with Gasteiger partial charge in [0.15, 0.2) is 0 Å². The highest BCUT2D eigenvalue weighted by Gasteiger charge is 2.36. The average molecular weight is 257 g/mol. The molecule has 1 atom stereocenters. The molecule has 1 aliphatic heterocycles. The fourth-order valence-electron chi connectivity index (χ4n) is 2.54. The molecule has 1 saturated heterocycles. The molecule has 0 saturated carbocycles. The standard InChI is InChI=1S/C15H31NO2/c1-3-4-5-6-7-8-9-10-11-16-14-18-13-15(16,2)12-17/h17H,3-14H2,1-2H3. The molecule has 1 aliphatic rings. The van der Waals surface area contributed by atoms with Gasteiger partial charge in [0, 0.05) is 6.54 Å². The van der Waals surface area contributed by atoms with Gasteiger partial charge in [-0.05, 0) is 13.3 Å². The highest BCUT2D eigenvalue weighted by atomic mass is 16.5. The highest BCUT2D eigenvalue weighted by molar-refractivity contribution is 4.88. The maximum Gasteiger partial charge on any atom is 0.0997 e. The summed E-state index contributed by atoms with van der Waals surface area (Å²) in [6, 6.07) is 0. The first-order valence-corrected chi connectivity index (χ1v) is 7.66. The monoisotopic (exact) mass is 257 g/mol. The van der Waals surface area contributed by atoms with Crippen LogP contribution in [0, 0.1) is 0 Å². The lowest BCUT2D eigenvalue weighted by molar-refractivity contribution is 0.0834. The predicted octanol–water partition coefficient (Wildman–Crippen LogP) is 3.17. The molecule has 0 bridgehead atoms. The lowest BCUT2D eigenvalue weighted by Gasteiger charge is -2.30. The molecular weight excluding hydrogens is 226 g/mol. The van der Waals surface area contributed by atoms with Gasteiger partial charge in [-0.2, -0.15) is 0 Å². The number of aliphatic hydroxyl groups is 1. The van der Waals surface area contributed by atoms with Crippen molar-refractivity contribution in [2.75, 3.05) is 26.5 Å². The molecular formula is C15H31NO2. The molecule has 0 aliphatic carbocycles. The number of hydrogen-bond donors (Lipinski definition) is 1. The molecule has 1 heterocycles. The van der Waals surface area contributed by atoms with Crippen molar-refractivity contribution >= 4 is 0 Å². The van der Waals surface area contributed by atoms with Crippen LogP contribution in [-0.2, 0) is 4.74 Å². The van der Waals surface area contributed by atoms with Crippen molar-refractivity contribution in [1.29, 1.82) is 0 Å². The van der Waals surface area contributed by atoms with E-state index in [1.807, 2.05) is 0 Å². The Labute approximate surface area is 113 Å². The van der Waals surface area contributed by atoms with Crippen LogP contribution in [0.5, 0.6) is 0 Å². The largest absolute Gasteiger partial charge is 0.394 e. The van der Waals surface area contributed by atoms with Gasteiger partial charge in [-0.3, -0.25) is 4.90 Å². The van der Waals surface area contributed by atoms with E-state index in [9.17, 15) is 5.11 Å². The molecule has 0 amide bonds. The highest BCUT2D eigenvalue weighted by Crippen LogP contribution is 2.22. The summed E-state index contributed by atoms with van der Waals surface area (Å²) in [5, 5.41) is 9.40. The second-order valence-corrected chi connectivity index (χ2v) is 5.87. The van der Waals surface area contributed by atoms with Crippen LogP contribution in [0.2, 0.25) is 0 Å². The Bertz CT molecular complexity index is 211. The lowest BCUT2D eigenvalue weighted by atomic mass is 10.0. The SMILES string of the molecule is CCCCCCCCCCN1COCC1(C)CO. The second kappa shape index (κ2) is 8.89. The van der Waals surface area contributed by atoms with E-state index in [4.69, 9.17) is 4.74 Å². The predicted molar refractivity (Wildman–Crippen MR) is 75.6 cm³/mol. The van der Waals surface area contributed by atoms with E-state index in [0.717, 1.165) is 6.54 Å². The average Bonchev–Trinajstić information content (AvgIpc) is 2.75. The fourth-order valence-corrected chi connectivity index (χ4v) is 2.54. The zero-order valence-electron chi connectivity index (χ0n) is 12.3. The molecule has 1 fully saturated rings. The summed E-state index contributed by atoms with van der Waals surface area (Å²) in [7, 11) is 0. The summed E-state index contributed by atoms with van der Waals surface area (Å²) in [6.45, 7) is 6.96. The van der Waals surface area contributed by atoms with Crippen molar-refractivity contribution in [2.45, 2.75) is 70.8 Å². The van der Waals surface area contributed by atoms with Crippen molar-refractivity contribution in [1.82, 2.24) is 4.90 Å². The molecule has 1 rings (SSSR count). The van der Waals surface area contributed by atoms with Crippen LogP contribution in [0.1, 0.15) is 65.2 Å². The van der Waals surface area contributed by atoms with Gasteiger partial charge in [-0.1, -0.05) is 51.9 Å². The first kappa shape index (κ1) is 15.9. The molecule has 18 heavy (non-hydrogen) atoms. The number of aliphatic hydroxyl groups excluding tert-OH is 1. The Morgan fingerprint density at radius 3 is 2.28 bits per heavy atom. The summed E-state index contributed by atoms with van der Waals surface area (Å²) in [5.41, 5.74) is -0.138. The van der Waals surface area contributed by atoms with E-state index in [-0.39, 0.29) is 12.1 Å². The third-order valence-electron chi connectivity index (χ3n) is 4.05. The van der Waals surface area contributed by atoms with Gasteiger partial charge in [0.2, 0.25) is 0 Å². The van der Waals surface area contributed by atoms with Crippen molar-refractivity contribution in [3.05, 3.63) is 0 Å². The van der Waals surface area contributed by atoms with Crippen molar-refractivity contribution < 1.29 is 9.84 Å². The Balaban J connectivity index is 1.97. The van der Waals surface area contributed by atoms with E-state index in [0.29, 0.717) is 13.3 Å². The van der Waals surface area contributed by atoms with Crippen LogP contribution in [0.25, 0.3) is 0 Å². The normalized spacial score (nSPS) is 24.8. The van der Waals surface area contributed by atoms with Gasteiger partial charge in [-0.15, -0.1) is 0 Å². The molecule has 108 valence electrons. The number of rotatable bonds is 10. The zero-order valence-corrected chi connectivity index (χ0v) is 12.3. The van der Waals surface area contributed by atoms with E-state index in [1.165, 1.54) is 51.4 Å². The molecule has 0 spiro atoms. The molecule has 0 aromatic carbocycles. The van der Waals surface area contributed by atoms with Gasteiger partial charge in [-0.25, -0.2) is 0 Å². The molecule has 1 N–H and O–H groups in total. The summed E-state index contributed by atoms with van der Waals surface area (Å²) in [6.07, 6.45) is 10.8. The summed E-state index contributed by atoms with van der Waals surface area (Å²) in [4.78, 5) is 2.28. The first-order chi connectivity index (χ1) is 8.73. The lowest BCUT2D eigenvalue weighted by Crippen LogP contribution is -2.46. The van der Waals surface area contributed by atoms with E-state index in [1.54, 1.807) is 0 Å². The van der Waals surface area contributed by atoms with Crippen LogP contribution >= 0.6 is 0 Å². The second-order valence-electron chi connectivity index (χ2n) is 5.87. The number of ether oxygens (including phenoxy) is 1. The van der Waals surface area contributed by atoms with Crippen LogP contribution < -0.4 is 0 Å². The van der Waals surface area contributed by atoms with Crippen LogP contribution in [0.4, 0.5) is 0 Å². The molecule has 0 radical (unpaired) electrons. The summed E-state index contributed by atoms with van der Waals surface area (Å²) in [5.74, 6) is 0. The van der Waals surface area contributed by atoms with Gasteiger partial charge in [0.1, 0.15) is 0 Å². The smallest absolute Gasteiger partial charge is 0.0997 e. The number of nitrogens with zero attached hydrogens (tertiary/aromatic N) is 1. The first-order valence-electron chi connectivity index (χ1n) is 7.66. The third kappa shape index (κ3) is 5.25. The molecule has 0 aromatic heterocycles. The minimum atomic E-state index is -0.138. The van der Waals surface area contributed by atoms with Crippen LogP contribution in [0.3, 0.4) is 0 Å². The van der Waals surface area contributed by atoms with Crippen molar-refractivity contribution in [3.63, 3.8) is 0 Å². The van der Waals surface area contributed by atoms with Crippen molar-refractivity contribution in [3.8, 4) is 0 Å². The third-order valence-corrected chi connectivity index (χ3v) is 4.05. The van der Waals surface area contributed by atoms with Gasteiger partial charge < -0.3 is 9.84 Å². The number of unbranched alkanes of at least 4 members (excludes halogenated alkanes) is 7. The quantitative estimate of drug-likeness (QED) is 0.610. The fraction of sp³-hybridized carbons (Fsp3) is 1.00. The van der Waals surface area contributed by atoms with Gasteiger partial charge in [0.25, 0.3) is 0 Å². The Hall–Kier alpha value is -0.120. The van der Waals surface area contributed by atoms with E-state index in [2.05, 4.69) is 18.7 Å². The van der Waals surface area contributed by atoms with Crippen LogP contribution in [0.15, 0.2) is 0 Å². The summed E-state index contributed by atoms with van der Waals surface area (Å²) < 4.78 is 5.45. The Morgan fingerprint density at radius 2 is 1.67 bits per heavy atom. The zero-order chi connectivity index (χ0) is 13.3. The van der Waals surface area contributed by atoms with Crippen LogP contribution in [-0.4, -0.2) is 42.0 Å². The molecule has 3 heteroatoms. The Kier molecular flexibility index (Phi) is 7.87. The summed E-state index contributed by atoms with van der Waals surface area (Å²) >= 11 is 0. The maximum atomic E-state index is 9.40. The topological polar surface area (TPSA) is 32.7 Å². The maximum absolute atomic E-state index is 9.40. The van der Waals surface area contributed by atoms with E-state index >= 15 is 0 Å².